The van der Waals surface area contributed by atoms with Crippen LogP contribution < -0.4 is 10.1 Å². The van der Waals surface area contributed by atoms with E-state index in [1.807, 2.05) is 37.3 Å². The molecule has 0 aliphatic rings. The van der Waals surface area contributed by atoms with E-state index in [1.165, 1.54) is 28.9 Å². The smallest absolute Gasteiger partial charge is 0.348 e. The van der Waals surface area contributed by atoms with Gasteiger partial charge in [-0.3, -0.25) is 4.79 Å². The van der Waals surface area contributed by atoms with Crippen LogP contribution in [0.4, 0.5) is 5.69 Å². The van der Waals surface area contributed by atoms with Crippen molar-refractivity contribution < 1.29 is 19.1 Å². The second-order valence-corrected chi connectivity index (χ2v) is 9.80. The fourth-order valence-corrected chi connectivity index (χ4v) is 5.29. The summed E-state index contributed by atoms with van der Waals surface area (Å²) in [5.74, 6) is 0.912. The zero-order valence-corrected chi connectivity index (χ0v) is 20.8. The number of thioether (sulfide) groups is 1. The monoisotopic (exact) mass is 491 g/mol. The fraction of sp³-hybridized carbons (Fsp3) is 0.185. The van der Waals surface area contributed by atoms with E-state index in [9.17, 15) is 9.59 Å². The molecule has 0 bridgehead atoms. The highest BCUT2D eigenvalue weighted by Crippen LogP contribution is 2.31. The number of methoxy groups -OCH3 is 1. The van der Waals surface area contributed by atoms with E-state index in [4.69, 9.17) is 9.47 Å². The van der Waals surface area contributed by atoms with Crippen LogP contribution in [0.25, 0.3) is 10.1 Å². The highest BCUT2D eigenvalue weighted by Gasteiger charge is 2.14. The molecule has 4 rings (SSSR count). The minimum atomic E-state index is -0.364. The van der Waals surface area contributed by atoms with E-state index in [-0.39, 0.29) is 11.9 Å². The van der Waals surface area contributed by atoms with E-state index >= 15 is 0 Å². The first-order valence-electron chi connectivity index (χ1n) is 10.8. The van der Waals surface area contributed by atoms with Gasteiger partial charge in [0.25, 0.3) is 5.91 Å². The molecule has 0 spiro atoms. The number of nitrogens with one attached hydrogen (secondary N) is 1. The lowest BCUT2D eigenvalue weighted by atomic mass is 10.1. The van der Waals surface area contributed by atoms with Crippen molar-refractivity contribution in [1.29, 1.82) is 0 Å². The molecule has 0 unspecified atom stereocenters. The number of hydrogen-bond donors (Lipinski definition) is 1. The largest absolute Gasteiger partial charge is 0.494 e. The van der Waals surface area contributed by atoms with Crippen LogP contribution in [0.1, 0.15) is 38.1 Å². The van der Waals surface area contributed by atoms with E-state index in [2.05, 4.69) is 36.5 Å². The fourth-order valence-electron chi connectivity index (χ4n) is 3.45. The summed E-state index contributed by atoms with van der Waals surface area (Å²) in [6, 6.07) is 21.3. The van der Waals surface area contributed by atoms with Gasteiger partial charge < -0.3 is 14.8 Å². The molecule has 0 fully saturated rings. The van der Waals surface area contributed by atoms with Crippen molar-refractivity contribution >= 4 is 50.7 Å². The molecule has 1 aromatic heterocycles. The normalized spacial score (nSPS) is 10.8. The molecule has 0 saturated carbocycles. The quantitative estimate of drug-likeness (QED) is 0.214. The molecule has 3 aromatic carbocycles. The Morgan fingerprint density at radius 3 is 2.53 bits per heavy atom. The van der Waals surface area contributed by atoms with Crippen LogP contribution in [0.2, 0.25) is 0 Å². The second-order valence-electron chi connectivity index (χ2n) is 7.67. The van der Waals surface area contributed by atoms with E-state index in [0.29, 0.717) is 28.5 Å². The molecular formula is C27H25NO4S2. The standard InChI is InChI=1S/C27H25NO4S2/c1-4-32-23-11-7-18(13-20(23)16-33-22-9-5-17(2)6-10-22)26(29)28-21-8-12-24-19(14-21)15-25(34-24)27(30)31-3/h5-15H,4,16H2,1-3H3,(H,28,29). The molecule has 1 amide bonds. The number of benzene rings is 3. The van der Waals surface area contributed by atoms with Crippen LogP contribution in [0.3, 0.4) is 0 Å². The van der Waals surface area contributed by atoms with Crippen molar-refractivity contribution in [2.75, 3.05) is 19.0 Å². The number of amides is 1. The van der Waals surface area contributed by atoms with Gasteiger partial charge in [-0.2, -0.15) is 0 Å². The summed E-state index contributed by atoms with van der Waals surface area (Å²) in [6.07, 6.45) is 0. The summed E-state index contributed by atoms with van der Waals surface area (Å²) in [4.78, 5) is 26.5. The number of ether oxygens (including phenoxy) is 2. The Balaban J connectivity index is 1.52. The molecule has 7 heteroatoms. The molecule has 5 nitrogen and oxygen atoms in total. The van der Waals surface area contributed by atoms with Gasteiger partial charge in [-0.25, -0.2) is 4.79 Å². The molecule has 0 aliphatic heterocycles. The minimum absolute atomic E-state index is 0.201. The Hall–Kier alpha value is -3.29. The summed E-state index contributed by atoms with van der Waals surface area (Å²) in [5, 5.41) is 3.84. The van der Waals surface area contributed by atoms with Crippen LogP contribution in [-0.2, 0) is 10.5 Å². The lowest BCUT2D eigenvalue weighted by Crippen LogP contribution is -2.12. The molecular weight excluding hydrogens is 466 g/mol. The highest BCUT2D eigenvalue weighted by molar-refractivity contribution is 7.98. The molecule has 34 heavy (non-hydrogen) atoms. The van der Waals surface area contributed by atoms with Gasteiger partial charge in [0.05, 0.1) is 13.7 Å². The number of fused-ring (bicyclic) bond motifs is 1. The first kappa shape index (κ1) is 23.9. The molecule has 1 N–H and O–H groups in total. The summed E-state index contributed by atoms with van der Waals surface area (Å²) in [6.45, 7) is 4.57. The molecule has 0 aliphatic carbocycles. The Bertz CT molecular complexity index is 1330. The number of aryl methyl sites for hydroxylation is 1. The number of anilines is 1. The number of hydrogen-bond acceptors (Lipinski definition) is 6. The van der Waals surface area contributed by atoms with Gasteiger partial charge in [0.1, 0.15) is 10.6 Å². The zero-order valence-electron chi connectivity index (χ0n) is 19.2. The van der Waals surface area contributed by atoms with E-state index < -0.39 is 0 Å². The summed E-state index contributed by atoms with van der Waals surface area (Å²) < 4.78 is 11.5. The van der Waals surface area contributed by atoms with Crippen molar-refractivity contribution in [2.24, 2.45) is 0 Å². The average Bonchev–Trinajstić information content (AvgIpc) is 3.27. The predicted octanol–water partition coefficient (Wildman–Crippen LogP) is 6.94. The number of rotatable bonds is 8. The first-order valence-corrected chi connectivity index (χ1v) is 12.7. The van der Waals surface area contributed by atoms with Crippen molar-refractivity contribution in [3.05, 3.63) is 88.3 Å². The Morgan fingerprint density at radius 2 is 1.79 bits per heavy atom. The van der Waals surface area contributed by atoms with Gasteiger partial charge in [-0.15, -0.1) is 23.1 Å². The number of carbonyl (C=O) groups is 2. The van der Waals surface area contributed by atoms with Gasteiger partial charge in [0.15, 0.2) is 0 Å². The average molecular weight is 492 g/mol. The maximum Gasteiger partial charge on any atom is 0.348 e. The van der Waals surface area contributed by atoms with Gasteiger partial charge in [-0.05, 0) is 73.8 Å². The molecule has 0 atom stereocenters. The number of carbonyl (C=O) groups excluding carboxylic acids is 2. The Kier molecular flexibility index (Phi) is 7.55. The lowest BCUT2D eigenvalue weighted by molar-refractivity contribution is 0.0606. The predicted molar refractivity (Wildman–Crippen MR) is 139 cm³/mol. The van der Waals surface area contributed by atoms with Gasteiger partial charge >= 0.3 is 5.97 Å². The van der Waals surface area contributed by atoms with Gasteiger partial charge in [-0.1, -0.05) is 17.7 Å². The van der Waals surface area contributed by atoms with Crippen LogP contribution in [0.5, 0.6) is 5.75 Å². The second kappa shape index (κ2) is 10.8. The molecule has 0 radical (unpaired) electrons. The summed E-state index contributed by atoms with van der Waals surface area (Å²) >= 11 is 3.07. The summed E-state index contributed by atoms with van der Waals surface area (Å²) in [7, 11) is 1.36. The van der Waals surface area contributed by atoms with E-state index in [1.54, 1.807) is 23.9 Å². The Labute approximate surface area is 207 Å². The van der Waals surface area contributed by atoms with Crippen LogP contribution in [-0.4, -0.2) is 25.6 Å². The maximum atomic E-state index is 13.0. The van der Waals surface area contributed by atoms with Crippen molar-refractivity contribution in [3.8, 4) is 5.75 Å². The van der Waals surface area contributed by atoms with Crippen LogP contribution >= 0.6 is 23.1 Å². The number of thiophene rings is 1. The third-order valence-electron chi connectivity index (χ3n) is 5.20. The topological polar surface area (TPSA) is 64.6 Å². The first-order chi connectivity index (χ1) is 16.5. The summed E-state index contributed by atoms with van der Waals surface area (Å²) in [5.41, 5.74) is 3.41. The molecule has 0 saturated heterocycles. The zero-order chi connectivity index (χ0) is 24.1. The van der Waals surface area contributed by atoms with Gasteiger partial charge in [0, 0.05) is 32.2 Å². The third kappa shape index (κ3) is 5.61. The van der Waals surface area contributed by atoms with Crippen molar-refractivity contribution in [3.63, 3.8) is 0 Å². The molecule has 1 heterocycles. The van der Waals surface area contributed by atoms with E-state index in [0.717, 1.165) is 21.4 Å². The highest BCUT2D eigenvalue weighted by atomic mass is 32.2. The Morgan fingerprint density at radius 1 is 1.00 bits per heavy atom. The minimum Gasteiger partial charge on any atom is -0.494 e. The number of esters is 1. The maximum absolute atomic E-state index is 13.0. The SMILES string of the molecule is CCOc1ccc(C(=O)Nc2ccc3sc(C(=O)OC)cc3c2)cc1CSc1ccc(C)cc1. The van der Waals surface area contributed by atoms with Gasteiger partial charge in [0.2, 0.25) is 0 Å². The third-order valence-corrected chi connectivity index (χ3v) is 7.36. The van der Waals surface area contributed by atoms with Crippen molar-refractivity contribution in [1.82, 2.24) is 0 Å². The van der Waals surface area contributed by atoms with Crippen LogP contribution in [0, 0.1) is 6.92 Å². The lowest BCUT2D eigenvalue weighted by Gasteiger charge is -2.13. The van der Waals surface area contributed by atoms with Crippen molar-refractivity contribution in [2.45, 2.75) is 24.5 Å². The molecule has 174 valence electrons. The van der Waals surface area contributed by atoms with Crippen LogP contribution in [0.15, 0.2) is 71.6 Å². The molecule has 4 aromatic rings.